The lowest BCUT2D eigenvalue weighted by atomic mass is 9.99. The van der Waals surface area contributed by atoms with Crippen LogP contribution < -0.4 is 10.6 Å². The van der Waals surface area contributed by atoms with Crippen molar-refractivity contribution >= 4 is 23.1 Å². The Labute approximate surface area is 146 Å². The van der Waals surface area contributed by atoms with E-state index in [4.69, 9.17) is 0 Å². The van der Waals surface area contributed by atoms with E-state index in [9.17, 15) is 4.79 Å². The van der Waals surface area contributed by atoms with Crippen molar-refractivity contribution in [3.05, 3.63) is 28.5 Å². The molecule has 2 aromatic rings. The van der Waals surface area contributed by atoms with Gasteiger partial charge in [0, 0.05) is 23.8 Å². The summed E-state index contributed by atoms with van der Waals surface area (Å²) in [6.45, 7) is 7.11. The number of urea groups is 1. The van der Waals surface area contributed by atoms with Crippen molar-refractivity contribution in [2.45, 2.75) is 58.5 Å². The van der Waals surface area contributed by atoms with Crippen molar-refractivity contribution in [2.75, 3.05) is 5.32 Å². The van der Waals surface area contributed by atoms with Gasteiger partial charge in [-0.25, -0.2) is 9.78 Å². The maximum Gasteiger partial charge on any atom is 0.320 e. The molecule has 0 spiro atoms. The first-order valence-corrected chi connectivity index (χ1v) is 9.39. The van der Waals surface area contributed by atoms with Crippen molar-refractivity contribution in [3.8, 4) is 0 Å². The summed E-state index contributed by atoms with van der Waals surface area (Å²) in [4.78, 5) is 17.1. The quantitative estimate of drug-likeness (QED) is 0.862. The molecule has 0 aromatic carbocycles. The van der Waals surface area contributed by atoms with E-state index in [2.05, 4.69) is 34.6 Å². The number of hydrogen-bond donors (Lipinski definition) is 2. The first-order chi connectivity index (χ1) is 11.5. The fourth-order valence-electron chi connectivity index (χ4n) is 3.23. The minimum Gasteiger partial charge on any atom is -0.326 e. The summed E-state index contributed by atoms with van der Waals surface area (Å²) in [5, 5.41) is 13.4. The number of nitrogens with zero attached hydrogens (tertiary/aromatic N) is 3. The number of carbonyl (C=O) groups is 1. The van der Waals surface area contributed by atoms with Crippen molar-refractivity contribution < 1.29 is 4.79 Å². The fraction of sp³-hybridized carbons (Fsp3) is 0.588. The molecule has 0 unspecified atom stereocenters. The normalized spacial score (nSPS) is 16.5. The lowest BCUT2D eigenvalue weighted by Gasteiger charge is -2.28. The highest BCUT2D eigenvalue weighted by Gasteiger charge is 2.39. The highest BCUT2D eigenvalue weighted by Crippen LogP contribution is 2.40. The van der Waals surface area contributed by atoms with Crippen LogP contribution in [0.2, 0.25) is 0 Å². The van der Waals surface area contributed by atoms with Crippen LogP contribution in [0.15, 0.2) is 17.8 Å². The average Bonchev–Trinajstić information content (AvgIpc) is 3.21. The predicted octanol–water partition coefficient (Wildman–Crippen LogP) is 3.90. The molecule has 0 atom stereocenters. The number of aromatic nitrogens is 3. The van der Waals surface area contributed by atoms with E-state index in [1.54, 1.807) is 17.5 Å². The first kappa shape index (κ1) is 17.0. The molecule has 0 aliphatic heterocycles. The van der Waals surface area contributed by atoms with Crippen molar-refractivity contribution in [1.82, 2.24) is 20.1 Å². The Bertz CT molecular complexity index is 699. The lowest BCUT2D eigenvalue weighted by molar-refractivity contribution is 0.236. The molecule has 6 nitrogen and oxygen atoms in total. The molecular formula is C17H25N5OS. The molecule has 1 aliphatic carbocycles. The number of rotatable bonds is 5. The van der Waals surface area contributed by atoms with E-state index >= 15 is 0 Å². The molecule has 1 saturated carbocycles. The van der Waals surface area contributed by atoms with Crippen molar-refractivity contribution in [2.24, 2.45) is 5.92 Å². The molecule has 3 rings (SSSR count). The Balaban J connectivity index is 1.67. The van der Waals surface area contributed by atoms with E-state index in [0.717, 1.165) is 48.6 Å². The van der Waals surface area contributed by atoms with Gasteiger partial charge in [0.05, 0.1) is 17.4 Å². The molecule has 2 N–H and O–H groups in total. The molecule has 1 fully saturated rings. The first-order valence-electron chi connectivity index (χ1n) is 8.51. The molecular weight excluding hydrogens is 322 g/mol. The predicted molar refractivity (Wildman–Crippen MR) is 96.2 cm³/mol. The highest BCUT2D eigenvalue weighted by atomic mass is 32.1. The smallest absolute Gasteiger partial charge is 0.320 e. The Kier molecular flexibility index (Phi) is 4.89. The summed E-state index contributed by atoms with van der Waals surface area (Å²) < 4.78 is 1.86. The second kappa shape index (κ2) is 6.93. The molecule has 2 aromatic heterocycles. The van der Waals surface area contributed by atoms with E-state index in [0.29, 0.717) is 5.92 Å². The van der Waals surface area contributed by atoms with Gasteiger partial charge in [-0.15, -0.1) is 11.3 Å². The highest BCUT2D eigenvalue weighted by molar-refractivity contribution is 7.09. The van der Waals surface area contributed by atoms with E-state index in [1.807, 2.05) is 23.2 Å². The summed E-state index contributed by atoms with van der Waals surface area (Å²) in [5.74, 6) is 0.515. The zero-order valence-corrected chi connectivity index (χ0v) is 15.3. The second-order valence-electron chi connectivity index (χ2n) is 7.01. The summed E-state index contributed by atoms with van der Waals surface area (Å²) in [7, 11) is 0. The maximum absolute atomic E-state index is 12.5. The zero-order valence-electron chi connectivity index (χ0n) is 14.5. The Morgan fingerprint density at radius 2 is 2.17 bits per heavy atom. The minimum absolute atomic E-state index is 0.186. The number of carbonyl (C=O) groups excluding carboxylic acids is 1. The van der Waals surface area contributed by atoms with Gasteiger partial charge in [-0.3, -0.25) is 4.68 Å². The number of nitrogens with one attached hydrogen (secondary N) is 2. The molecule has 1 aliphatic rings. The van der Waals surface area contributed by atoms with Crippen LogP contribution >= 0.6 is 11.3 Å². The second-order valence-corrected chi connectivity index (χ2v) is 7.87. The monoisotopic (exact) mass is 347 g/mol. The van der Waals surface area contributed by atoms with E-state index in [1.165, 1.54) is 0 Å². The van der Waals surface area contributed by atoms with Crippen LogP contribution in [0.1, 0.15) is 50.2 Å². The molecule has 2 heterocycles. The van der Waals surface area contributed by atoms with Gasteiger partial charge in [0.25, 0.3) is 0 Å². The van der Waals surface area contributed by atoms with E-state index < -0.39 is 0 Å². The van der Waals surface area contributed by atoms with E-state index in [-0.39, 0.29) is 11.6 Å². The van der Waals surface area contributed by atoms with Crippen LogP contribution in [0.5, 0.6) is 0 Å². The summed E-state index contributed by atoms with van der Waals surface area (Å²) >= 11 is 1.63. The number of anilines is 1. The Morgan fingerprint density at radius 3 is 2.79 bits per heavy atom. The maximum atomic E-state index is 12.5. The number of hydrogen-bond acceptors (Lipinski definition) is 4. The largest absolute Gasteiger partial charge is 0.326 e. The van der Waals surface area contributed by atoms with Gasteiger partial charge in [0.1, 0.15) is 5.01 Å². The number of aryl methyl sites for hydroxylation is 1. The lowest BCUT2D eigenvalue weighted by Crippen LogP contribution is -2.45. The van der Waals surface area contributed by atoms with Crippen LogP contribution in [0.4, 0.5) is 10.5 Å². The van der Waals surface area contributed by atoms with Crippen LogP contribution in [-0.2, 0) is 12.1 Å². The molecule has 7 heteroatoms. The molecule has 24 heavy (non-hydrogen) atoms. The summed E-state index contributed by atoms with van der Waals surface area (Å²) in [6, 6.07) is -0.186. The van der Waals surface area contributed by atoms with Crippen LogP contribution in [0.3, 0.4) is 0 Å². The van der Waals surface area contributed by atoms with Gasteiger partial charge in [0.15, 0.2) is 0 Å². The van der Waals surface area contributed by atoms with Gasteiger partial charge in [-0.05, 0) is 25.7 Å². The van der Waals surface area contributed by atoms with Crippen molar-refractivity contribution in [1.29, 1.82) is 0 Å². The summed E-state index contributed by atoms with van der Waals surface area (Å²) in [5.41, 5.74) is 1.41. The molecule has 0 bridgehead atoms. The third-order valence-electron chi connectivity index (χ3n) is 4.28. The fourth-order valence-corrected chi connectivity index (χ4v) is 4.24. The standard InChI is InChI=1S/C17H25N5OS/c1-12(2)9-22-10-14(8-18-22)20-16(23)21-17(6-4-5-7-17)15-19-13(3)11-24-15/h8,10-12H,4-7,9H2,1-3H3,(H2,20,21,23). The van der Waals surface area contributed by atoms with Gasteiger partial charge in [-0.1, -0.05) is 26.7 Å². The Hall–Kier alpha value is -1.89. The average molecular weight is 347 g/mol. The van der Waals surface area contributed by atoms with Crippen LogP contribution in [-0.4, -0.2) is 20.8 Å². The molecule has 130 valence electrons. The van der Waals surface area contributed by atoms with Gasteiger partial charge >= 0.3 is 6.03 Å². The topological polar surface area (TPSA) is 71.8 Å². The zero-order chi connectivity index (χ0) is 17.2. The summed E-state index contributed by atoms with van der Waals surface area (Å²) in [6.07, 6.45) is 7.68. The Morgan fingerprint density at radius 1 is 1.42 bits per heavy atom. The molecule has 0 saturated heterocycles. The number of amides is 2. The van der Waals surface area contributed by atoms with Gasteiger partial charge in [0.2, 0.25) is 0 Å². The number of thiazole rings is 1. The molecule has 2 amide bonds. The van der Waals surface area contributed by atoms with Crippen LogP contribution in [0, 0.1) is 12.8 Å². The van der Waals surface area contributed by atoms with Gasteiger partial charge in [-0.2, -0.15) is 5.10 Å². The van der Waals surface area contributed by atoms with Gasteiger partial charge < -0.3 is 10.6 Å². The van der Waals surface area contributed by atoms with Crippen LogP contribution in [0.25, 0.3) is 0 Å². The third-order valence-corrected chi connectivity index (χ3v) is 5.45. The van der Waals surface area contributed by atoms with Crippen molar-refractivity contribution in [3.63, 3.8) is 0 Å². The molecule has 0 radical (unpaired) electrons. The minimum atomic E-state index is -0.322. The SMILES string of the molecule is Cc1csc(C2(NC(=O)Nc3cnn(CC(C)C)c3)CCCC2)n1. The third kappa shape index (κ3) is 3.77.